The molecular weight excluding hydrogens is 540 g/mol. The highest BCUT2D eigenvalue weighted by Crippen LogP contribution is 2.30. The average Bonchev–Trinajstić information content (AvgIpc) is 2.98. The fraction of sp³-hybridized carbons (Fsp3) is 0.125. The summed E-state index contributed by atoms with van der Waals surface area (Å²) in [6.07, 6.45) is 1.50. The second-order valence-electron chi connectivity index (χ2n) is 9.80. The van der Waals surface area contributed by atoms with Crippen LogP contribution in [0.15, 0.2) is 101 Å². The zero-order valence-corrected chi connectivity index (χ0v) is 22.5. The van der Waals surface area contributed by atoms with Crippen LogP contribution in [0.25, 0.3) is 22.0 Å². The van der Waals surface area contributed by atoms with E-state index in [4.69, 9.17) is 5.53 Å². The Hall–Kier alpha value is -5.38. The molecule has 0 aliphatic carbocycles. The van der Waals surface area contributed by atoms with Crippen molar-refractivity contribution in [3.05, 3.63) is 135 Å². The van der Waals surface area contributed by atoms with E-state index in [0.29, 0.717) is 22.3 Å². The van der Waals surface area contributed by atoms with Crippen LogP contribution >= 0.6 is 0 Å². The first-order valence-corrected chi connectivity index (χ1v) is 13.0. The van der Waals surface area contributed by atoms with E-state index in [-0.39, 0.29) is 29.7 Å². The number of aromatic nitrogens is 2. The Morgan fingerprint density at radius 3 is 2.50 bits per heavy atom. The first-order chi connectivity index (χ1) is 20.2. The predicted molar refractivity (Wildman–Crippen MR) is 153 cm³/mol. The molecule has 0 fully saturated rings. The van der Waals surface area contributed by atoms with Crippen molar-refractivity contribution in [2.75, 3.05) is 0 Å². The topological polar surface area (TPSA) is 117 Å². The van der Waals surface area contributed by atoms with E-state index < -0.39 is 29.5 Å². The van der Waals surface area contributed by atoms with Crippen LogP contribution in [0, 0.1) is 24.1 Å². The molecule has 2 N–H and O–H groups in total. The lowest BCUT2D eigenvalue weighted by Crippen LogP contribution is -2.36. The van der Waals surface area contributed by atoms with Crippen molar-refractivity contribution in [1.82, 2.24) is 14.9 Å². The first kappa shape index (κ1) is 28.2. The van der Waals surface area contributed by atoms with Gasteiger partial charge < -0.3 is 5.32 Å². The summed E-state index contributed by atoms with van der Waals surface area (Å²) < 4.78 is 29.6. The monoisotopic (exact) mass is 565 g/mol. The summed E-state index contributed by atoms with van der Waals surface area (Å²) >= 11 is 0. The van der Waals surface area contributed by atoms with Gasteiger partial charge in [-0.25, -0.2) is 14.3 Å². The van der Waals surface area contributed by atoms with Gasteiger partial charge in [0, 0.05) is 34.8 Å². The minimum Gasteiger partial charge on any atom is -0.346 e. The number of para-hydroxylation sites is 1. The molecule has 2 aromatic heterocycles. The number of rotatable bonds is 8. The molecule has 0 saturated heterocycles. The van der Waals surface area contributed by atoms with Crippen LogP contribution < -0.4 is 10.9 Å². The fourth-order valence-electron chi connectivity index (χ4n) is 5.05. The third-order valence-electron chi connectivity index (χ3n) is 6.92. The molecule has 1 atom stereocenters. The van der Waals surface area contributed by atoms with Gasteiger partial charge in [0.2, 0.25) is 5.91 Å². The summed E-state index contributed by atoms with van der Waals surface area (Å²) in [7, 11) is 0. The van der Waals surface area contributed by atoms with Gasteiger partial charge in [-0.3, -0.25) is 23.9 Å². The summed E-state index contributed by atoms with van der Waals surface area (Å²) in [5, 5.41) is 6.72. The van der Waals surface area contributed by atoms with Crippen LogP contribution in [-0.4, -0.2) is 21.4 Å². The van der Waals surface area contributed by atoms with Crippen LogP contribution in [-0.2, 0) is 17.8 Å². The van der Waals surface area contributed by atoms with Crippen molar-refractivity contribution in [2.45, 2.75) is 25.9 Å². The van der Waals surface area contributed by atoms with E-state index in [2.05, 4.69) is 15.4 Å². The predicted octanol–water partition coefficient (Wildman–Crippen LogP) is 5.92. The second kappa shape index (κ2) is 12.0. The number of amides is 2. The number of pyridine rings is 2. The molecule has 10 heteroatoms. The van der Waals surface area contributed by atoms with Gasteiger partial charge >= 0.3 is 0 Å². The number of fused-ring (bicyclic) bond motifs is 1. The van der Waals surface area contributed by atoms with Crippen molar-refractivity contribution in [2.24, 2.45) is 5.11 Å². The first-order valence-electron chi connectivity index (χ1n) is 13.0. The smallest absolute Gasteiger partial charge is 0.294 e. The summed E-state index contributed by atoms with van der Waals surface area (Å²) in [5.41, 5.74) is 10.1. The Kier molecular flexibility index (Phi) is 8.05. The van der Waals surface area contributed by atoms with Crippen LogP contribution in [0.4, 0.5) is 8.78 Å². The lowest BCUT2D eigenvalue weighted by molar-refractivity contribution is -0.122. The van der Waals surface area contributed by atoms with Crippen molar-refractivity contribution in [1.29, 1.82) is 5.53 Å². The van der Waals surface area contributed by atoms with Crippen LogP contribution in [0.2, 0.25) is 0 Å². The zero-order chi connectivity index (χ0) is 29.8. The summed E-state index contributed by atoms with van der Waals surface area (Å²) in [5.74, 6) is -2.77. The normalized spacial score (nSPS) is 11.7. The van der Waals surface area contributed by atoms with Gasteiger partial charge in [-0.2, -0.15) is 0 Å². The van der Waals surface area contributed by atoms with Gasteiger partial charge in [-0.15, -0.1) is 5.11 Å². The highest BCUT2D eigenvalue weighted by atomic mass is 19.1. The minimum absolute atomic E-state index is 0.0192. The van der Waals surface area contributed by atoms with E-state index >= 15 is 0 Å². The summed E-state index contributed by atoms with van der Waals surface area (Å²) in [6, 6.07) is 20.9. The molecule has 0 aliphatic rings. The van der Waals surface area contributed by atoms with E-state index in [1.54, 1.807) is 42.5 Å². The molecule has 5 rings (SSSR count). The third-order valence-corrected chi connectivity index (χ3v) is 6.92. The molecule has 210 valence electrons. The Balaban J connectivity index is 1.55. The van der Waals surface area contributed by atoms with Gasteiger partial charge in [0.1, 0.15) is 18.2 Å². The molecule has 2 heterocycles. The average molecular weight is 566 g/mol. The number of carbonyl (C=O) groups is 2. The zero-order valence-electron chi connectivity index (χ0n) is 22.5. The summed E-state index contributed by atoms with van der Waals surface area (Å²) in [4.78, 5) is 43.0. The SMILES string of the molecule is Cc1cc(=O)n(CC(=O)N[C@@H](Cc2cc(F)cc(F)c2)c2ncccc2-c2cccc(C(=O)N=N)c2)c2ccccc12. The van der Waals surface area contributed by atoms with E-state index in [1.807, 2.05) is 19.1 Å². The Labute approximate surface area is 239 Å². The third kappa shape index (κ3) is 6.02. The number of halogens is 2. The van der Waals surface area contributed by atoms with Crippen molar-refractivity contribution < 1.29 is 18.4 Å². The van der Waals surface area contributed by atoms with Gasteiger partial charge in [0.25, 0.3) is 11.5 Å². The maximum absolute atomic E-state index is 14.1. The van der Waals surface area contributed by atoms with E-state index in [9.17, 15) is 23.2 Å². The number of aryl methyl sites for hydroxylation is 1. The van der Waals surface area contributed by atoms with Gasteiger partial charge in [-0.05, 0) is 66.4 Å². The molecule has 8 nitrogen and oxygen atoms in total. The minimum atomic E-state index is -0.873. The standard InChI is InChI=1S/C32H25F2N5O3/c1-19-12-30(41)39(28-10-3-2-8-25(19)28)18-29(40)37-27(15-20-13-23(33)17-24(34)14-20)31-26(9-5-11-36-31)21-6-4-7-22(16-21)32(42)38-35/h2-14,16-17,27,35H,15,18H2,1H3,(H,37,40)/t27-/m0/s1. The molecular formula is C32H25F2N5O3. The number of carbonyl (C=O) groups excluding carboxylic acids is 2. The number of nitrogens with one attached hydrogen (secondary N) is 2. The molecule has 42 heavy (non-hydrogen) atoms. The van der Waals surface area contributed by atoms with Crippen molar-refractivity contribution >= 4 is 22.7 Å². The van der Waals surface area contributed by atoms with Crippen LogP contribution in [0.3, 0.4) is 0 Å². The van der Waals surface area contributed by atoms with E-state index in [1.165, 1.54) is 35.0 Å². The van der Waals surface area contributed by atoms with Crippen molar-refractivity contribution in [3.8, 4) is 11.1 Å². The maximum Gasteiger partial charge on any atom is 0.294 e. The molecule has 2 amide bonds. The van der Waals surface area contributed by atoms with Gasteiger partial charge in [-0.1, -0.05) is 36.4 Å². The number of nitrogens with zero attached hydrogens (tertiary/aromatic N) is 3. The Bertz CT molecular complexity index is 1880. The lowest BCUT2D eigenvalue weighted by Gasteiger charge is -2.22. The van der Waals surface area contributed by atoms with Crippen molar-refractivity contribution in [3.63, 3.8) is 0 Å². The molecule has 0 unspecified atom stereocenters. The molecule has 0 bridgehead atoms. The summed E-state index contributed by atoms with van der Waals surface area (Å²) in [6.45, 7) is 1.52. The largest absolute Gasteiger partial charge is 0.346 e. The Morgan fingerprint density at radius 2 is 1.74 bits per heavy atom. The highest BCUT2D eigenvalue weighted by Gasteiger charge is 2.23. The van der Waals surface area contributed by atoms with Crippen LogP contribution in [0.5, 0.6) is 0 Å². The molecule has 0 spiro atoms. The van der Waals surface area contributed by atoms with Crippen LogP contribution in [0.1, 0.15) is 33.2 Å². The maximum atomic E-state index is 14.1. The molecule has 0 saturated carbocycles. The number of benzene rings is 3. The highest BCUT2D eigenvalue weighted by molar-refractivity contribution is 5.95. The lowest BCUT2D eigenvalue weighted by atomic mass is 9.94. The molecule has 0 radical (unpaired) electrons. The van der Waals surface area contributed by atoms with Gasteiger partial charge in [0.05, 0.1) is 17.3 Å². The number of hydrogen-bond acceptors (Lipinski definition) is 5. The van der Waals surface area contributed by atoms with Gasteiger partial charge in [0.15, 0.2) is 0 Å². The molecule has 5 aromatic rings. The fourth-order valence-corrected chi connectivity index (χ4v) is 5.05. The quantitative estimate of drug-likeness (QED) is 0.227. The second-order valence-corrected chi connectivity index (χ2v) is 9.80. The molecule has 3 aromatic carbocycles. The molecule has 0 aliphatic heterocycles. The number of hydrogen-bond donors (Lipinski definition) is 2. The Morgan fingerprint density at radius 1 is 0.976 bits per heavy atom. The van der Waals surface area contributed by atoms with E-state index in [0.717, 1.165) is 17.0 Å².